The number of aromatic hydroxyl groups is 1. The molecule has 0 saturated carbocycles. The lowest BCUT2D eigenvalue weighted by atomic mass is 9.85. The summed E-state index contributed by atoms with van der Waals surface area (Å²) in [4.78, 5) is 4.14. The maximum absolute atomic E-state index is 9.33. The number of hydrogen-bond acceptors (Lipinski definition) is 3. The van der Waals surface area contributed by atoms with Crippen LogP contribution in [0.15, 0.2) is 23.6 Å². The van der Waals surface area contributed by atoms with Gasteiger partial charge >= 0.3 is 0 Å². The van der Waals surface area contributed by atoms with E-state index in [0.29, 0.717) is 0 Å². The van der Waals surface area contributed by atoms with Crippen molar-refractivity contribution in [1.29, 1.82) is 0 Å². The quantitative estimate of drug-likeness (QED) is 0.822. The minimum atomic E-state index is 0.102. The molecule has 90 valence electrons. The van der Waals surface area contributed by atoms with Crippen LogP contribution in [0.3, 0.4) is 0 Å². The smallest absolute Gasteiger partial charge is 0.222 e. The molecular formula is C14H17NOS. The zero-order valence-electron chi connectivity index (χ0n) is 10.6. The number of rotatable bonds is 1. The van der Waals surface area contributed by atoms with Crippen LogP contribution in [0.4, 0.5) is 0 Å². The van der Waals surface area contributed by atoms with Crippen molar-refractivity contribution >= 4 is 11.3 Å². The molecule has 0 aliphatic carbocycles. The minimum Gasteiger partial charge on any atom is -0.493 e. The third-order valence-electron chi connectivity index (χ3n) is 2.83. The first-order valence-electron chi connectivity index (χ1n) is 5.64. The van der Waals surface area contributed by atoms with Crippen molar-refractivity contribution in [2.75, 3.05) is 0 Å². The summed E-state index contributed by atoms with van der Waals surface area (Å²) in [6, 6.07) is 6.45. The zero-order valence-corrected chi connectivity index (χ0v) is 11.4. The van der Waals surface area contributed by atoms with E-state index >= 15 is 0 Å². The standard InChI is InChI=1S/C14H17NOS/c1-9-5-6-10(14(2,3)4)7-11(9)13-15-12(16)8-17-13/h5-8,16H,1-4H3. The monoisotopic (exact) mass is 247 g/mol. The van der Waals surface area contributed by atoms with Crippen molar-refractivity contribution in [3.63, 3.8) is 0 Å². The fourth-order valence-corrected chi connectivity index (χ4v) is 2.47. The average molecular weight is 247 g/mol. The van der Waals surface area contributed by atoms with Gasteiger partial charge in [0.2, 0.25) is 5.88 Å². The summed E-state index contributed by atoms with van der Waals surface area (Å²) in [6.45, 7) is 8.66. The second-order valence-electron chi connectivity index (χ2n) is 5.29. The molecule has 0 unspecified atom stereocenters. The van der Waals surface area contributed by atoms with Gasteiger partial charge in [0, 0.05) is 5.56 Å². The molecule has 0 aliphatic heterocycles. The Labute approximate surface area is 106 Å². The van der Waals surface area contributed by atoms with Gasteiger partial charge in [-0.05, 0) is 29.5 Å². The van der Waals surface area contributed by atoms with Crippen molar-refractivity contribution < 1.29 is 5.11 Å². The van der Waals surface area contributed by atoms with E-state index in [9.17, 15) is 5.11 Å². The molecule has 0 amide bonds. The highest BCUT2D eigenvalue weighted by molar-refractivity contribution is 7.13. The van der Waals surface area contributed by atoms with Gasteiger partial charge in [0.25, 0.3) is 0 Å². The van der Waals surface area contributed by atoms with Gasteiger partial charge in [-0.1, -0.05) is 32.9 Å². The molecule has 2 rings (SSSR count). The number of aryl methyl sites for hydroxylation is 1. The summed E-state index contributed by atoms with van der Waals surface area (Å²) < 4.78 is 0. The molecule has 1 N–H and O–H groups in total. The highest BCUT2D eigenvalue weighted by Crippen LogP contribution is 2.32. The number of hydrogen-bond donors (Lipinski definition) is 1. The normalized spacial score (nSPS) is 11.8. The van der Waals surface area contributed by atoms with E-state index in [1.54, 1.807) is 5.38 Å². The summed E-state index contributed by atoms with van der Waals surface area (Å²) in [6.07, 6.45) is 0. The van der Waals surface area contributed by atoms with Gasteiger partial charge in [-0.2, -0.15) is 0 Å². The van der Waals surface area contributed by atoms with Crippen LogP contribution < -0.4 is 0 Å². The molecule has 17 heavy (non-hydrogen) atoms. The van der Waals surface area contributed by atoms with Crippen LogP contribution in [0.2, 0.25) is 0 Å². The van der Waals surface area contributed by atoms with Crippen molar-refractivity contribution in [2.24, 2.45) is 0 Å². The Morgan fingerprint density at radius 1 is 1.24 bits per heavy atom. The van der Waals surface area contributed by atoms with Crippen molar-refractivity contribution in [2.45, 2.75) is 33.1 Å². The molecule has 2 aromatic rings. The van der Waals surface area contributed by atoms with E-state index in [1.807, 2.05) is 0 Å². The fraction of sp³-hybridized carbons (Fsp3) is 0.357. The van der Waals surface area contributed by atoms with Crippen LogP contribution in [-0.2, 0) is 5.41 Å². The zero-order chi connectivity index (χ0) is 12.6. The molecule has 1 aromatic carbocycles. The first-order valence-corrected chi connectivity index (χ1v) is 6.52. The van der Waals surface area contributed by atoms with Gasteiger partial charge in [0.05, 0.1) is 5.38 Å². The second kappa shape index (κ2) is 4.15. The molecule has 1 aromatic heterocycles. The van der Waals surface area contributed by atoms with Gasteiger partial charge in [-0.25, -0.2) is 4.98 Å². The molecule has 3 heteroatoms. The van der Waals surface area contributed by atoms with Gasteiger partial charge < -0.3 is 5.11 Å². The van der Waals surface area contributed by atoms with E-state index in [4.69, 9.17) is 0 Å². The predicted octanol–water partition coefficient (Wildman–Crippen LogP) is 4.12. The summed E-state index contributed by atoms with van der Waals surface area (Å²) in [5.41, 5.74) is 3.71. The molecular weight excluding hydrogens is 230 g/mol. The SMILES string of the molecule is Cc1ccc(C(C)(C)C)cc1-c1nc(O)cs1. The van der Waals surface area contributed by atoms with Crippen LogP contribution >= 0.6 is 11.3 Å². The van der Waals surface area contributed by atoms with Gasteiger partial charge in [0.15, 0.2) is 0 Å². The number of nitrogens with zero attached hydrogens (tertiary/aromatic N) is 1. The maximum atomic E-state index is 9.33. The van der Waals surface area contributed by atoms with Crippen molar-refractivity contribution in [3.8, 4) is 16.5 Å². The van der Waals surface area contributed by atoms with Gasteiger partial charge in [0.1, 0.15) is 5.01 Å². The summed E-state index contributed by atoms with van der Waals surface area (Å²) in [5.74, 6) is 0.102. The molecule has 0 fully saturated rings. The minimum absolute atomic E-state index is 0.102. The van der Waals surface area contributed by atoms with Crippen LogP contribution in [0.1, 0.15) is 31.9 Å². The van der Waals surface area contributed by atoms with E-state index in [1.165, 1.54) is 22.5 Å². The Kier molecular flexibility index (Phi) is 2.96. The van der Waals surface area contributed by atoms with E-state index in [-0.39, 0.29) is 11.3 Å². The van der Waals surface area contributed by atoms with E-state index in [2.05, 4.69) is 50.9 Å². The molecule has 0 atom stereocenters. The van der Waals surface area contributed by atoms with Crippen LogP contribution in [0.25, 0.3) is 10.6 Å². The Balaban J connectivity index is 2.54. The van der Waals surface area contributed by atoms with Crippen molar-refractivity contribution in [3.05, 3.63) is 34.7 Å². The van der Waals surface area contributed by atoms with E-state index < -0.39 is 0 Å². The fourth-order valence-electron chi connectivity index (χ4n) is 1.71. The third-order valence-corrected chi connectivity index (χ3v) is 3.69. The summed E-state index contributed by atoms with van der Waals surface area (Å²) in [5, 5.41) is 11.9. The van der Waals surface area contributed by atoms with Crippen LogP contribution in [-0.4, -0.2) is 10.1 Å². The molecule has 0 bridgehead atoms. The number of thiazole rings is 1. The predicted molar refractivity (Wildman–Crippen MR) is 72.7 cm³/mol. The number of benzene rings is 1. The third kappa shape index (κ3) is 2.50. The molecule has 0 radical (unpaired) electrons. The average Bonchev–Trinajstić information content (AvgIpc) is 2.63. The number of aromatic nitrogens is 1. The highest BCUT2D eigenvalue weighted by Gasteiger charge is 2.16. The molecule has 0 saturated heterocycles. The van der Waals surface area contributed by atoms with Gasteiger partial charge in [-0.3, -0.25) is 0 Å². The Morgan fingerprint density at radius 3 is 2.47 bits per heavy atom. The Hall–Kier alpha value is -1.35. The highest BCUT2D eigenvalue weighted by atomic mass is 32.1. The lowest BCUT2D eigenvalue weighted by Crippen LogP contribution is -2.11. The lowest BCUT2D eigenvalue weighted by molar-refractivity contribution is 0.458. The Bertz CT molecular complexity index is 537. The Morgan fingerprint density at radius 2 is 1.94 bits per heavy atom. The first kappa shape index (κ1) is 12.1. The molecule has 0 spiro atoms. The molecule has 1 heterocycles. The molecule has 2 nitrogen and oxygen atoms in total. The largest absolute Gasteiger partial charge is 0.493 e. The first-order chi connectivity index (χ1) is 7.88. The topological polar surface area (TPSA) is 33.1 Å². The second-order valence-corrected chi connectivity index (χ2v) is 6.15. The van der Waals surface area contributed by atoms with E-state index in [0.717, 1.165) is 10.6 Å². The summed E-state index contributed by atoms with van der Waals surface area (Å²) >= 11 is 1.48. The lowest BCUT2D eigenvalue weighted by Gasteiger charge is -2.20. The summed E-state index contributed by atoms with van der Waals surface area (Å²) in [7, 11) is 0. The van der Waals surface area contributed by atoms with Gasteiger partial charge in [-0.15, -0.1) is 11.3 Å². The van der Waals surface area contributed by atoms with Crippen LogP contribution in [0, 0.1) is 6.92 Å². The van der Waals surface area contributed by atoms with Crippen molar-refractivity contribution in [1.82, 2.24) is 4.98 Å². The maximum Gasteiger partial charge on any atom is 0.222 e. The van der Waals surface area contributed by atoms with Crippen LogP contribution in [0.5, 0.6) is 5.88 Å². The molecule has 0 aliphatic rings.